The van der Waals surface area contributed by atoms with Crippen LogP contribution in [0, 0.1) is 0 Å². The van der Waals surface area contributed by atoms with E-state index in [2.05, 4.69) is 15.9 Å². The molecule has 1 aliphatic rings. The fraction of sp³-hybridized carbons (Fsp3) is 0.474. The maximum absolute atomic E-state index is 12.9. The van der Waals surface area contributed by atoms with Gasteiger partial charge in [-0.2, -0.15) is 0 Å². The van der Waals surface area contributed by atoms with Gasteiger partial charge in [0.1, 0.15) is 5.60 Å². The Kier molecular flexibility index (Phi) is 4.91. The summed E-state index contributed by atoms with van der Waals surface area (Å²) < 4.78 is 8.18. The number of nitrogens with zero attached hydrogens (tertiary/aromatic N) is 2. The van der Waals surface area contributed by atoms with Gasteiger partial charge in [-0.3, -0.25) is 4.79 Å². The predicted octanol–water partition coefficient (Wildman–Crippen LogP) is 4.34. The highest BCUT2D eigenvalue weighted by atomic mass is 79.9. The van der Waals surface area contributed by atoms with Crippen molar-refractivity contribution >= 4 is 32.8 Å². The summed E-state index contributed by atoms with van der Waals surface area (Å²) in [7, 11) is 0. The minimum Gasteiger partial charge on any atom is -0.444 e. The van der Waals surface area contributed by atoms with E-state index in [1.54, 1.807) is 9.47 Å². The SMILES string of the molecule is CC(C)(C)OC(=O)N1CCCC(n2ccc3cc(Br)ccc3c2=O)C1. The second-order valence-corrected chi connectivity index (χ2v) is 8.40. The fourth-order valence-corrected chi connectivity index (χ4v) is 3.57. The fourth-order valence-electron chi connectivity index (χ4n) is 3.20. The summed E-state index contributed by atoms with van der Waals surface area (Å²) >= 11 is 3.43. The largest absolute Gasteiger partial charge is 0.444 e. The number of likely N-dealkylation sites (tertiary alicyclic amines) is 1. The van der Waals surface area contributed by atoms with Crippen LogP contribution in [0.5, 0.6) is 0 Å². The molecule has 3 rings (SSSR count). The Morgan fingerprint density at radius 2 is 2.04 bits per heavy atom. The van der Waals surface area contributed by atoms with Gasteiger partial charge in [-0.25, -0.2) is 4.79 Å². The van der Waals surface area contributed by atoms with Crippen LogP contribution in [-0.4, -0.2) is 34.3 Å². The predicted molar refractivity (Wildman–Crippen MR) is 102 cm³/mol. The van der Waals surface area contributed by atoms with Crippen molar-refractivity contribution in [3.8, 4) is 0 Å². The normalized spacial score (nSPS) is 18.4. The smallest absolute Gasteiger partial charge is 0.410 e. The van der Waals surface area contributed by atoms with E-state index >= 15 is 0 Å². The van der Waals surface area contributed by atoms with Gasteiger partial charge in [0.05, 0.1) is 6.04 Å². The maximum atomic E-state index is 12.9. The molecule has 1 aromatic heterocycles. The van der Waals surface area contributed by atoms with E-state index in [9.17, 15) is 9.59 Å². The minimum absolute atomic E-state index is 0.0129. The number of fused-ring (bicyclic) bond motifs is 1. The summed E-state index contributed by atoms with van der Waals surface area (Å²) in [6.07, 6.45) is 3.26. The van der Waals surface area contributed by atoms with Crippen molar-refractivity contribution < 1.29 is 9.53 Å². The molecule has 1 aliphatic heterocycles. The summed E-state index contributed by atoms with van der Waals surface area (Å²) in [6.45, 7) is 6.74. The van der Waals surface area contributed by atoms with E-state index in [1.807, 2.05) is 51.2 Å². The van der Waals surface area contributed by atoms with E-state index in [-0.39, 0.29) is 17.7 Å². The van der Waals surface area contributed by atoms with Crippen molar-refractivity contribution in [3.63, 3.8) is 0 Å². The minimum atomic E-state index is -0.517. The summed E-state index contributed by atoms with van der Waals surface area (Å²) in [5.41, 5.74) is -0.530. The van der Waals surface area contributed by atoms with Gasteiger partial charge in [0.25, 0.3) is 5.56 Å². The van der Waals surface area contributed by atoms with E-state index in [0.29, 0.717) is 18.5 Å². The number of aromatic nitrogens is 1. The molecule has 1 atom stereocenters. The van der Waals surface area contributed by atoms with E-state index in [4.69, 9.17) is 4.74 Å². The molecule has 0 radical (unpaired) electrons. The number of ether oxygens (including phenoxy) is 1. The molecule has 6 heteroatoms. The first-order valence-corrected chi connectivity index (χ1v) is 9.32. The lowest BCUT2D eigenvalue weighted by atomic mass is 10.0. The Balaban J connectivity index is 1.85. The number of pyridine rings is 1. The lowest BCUT2D eigenvalue weighted by Gasteiger charge is -2.34. The van der Waals surface area contributed by atoms with Gasteiger partial charge in [-0.1, -0.05) is 15.9 Å². The highest BCUT2D eigenvalue weighted by molar-refractivity contribution is 9.10. The van der Waals surface area contributed by atoms with Gasteiger partial charge in [0, 0.05) is 29.1 Å². The number of rotatable bonds is 1. The number of piperidine rings is 1. The molecule has 2 aromatic rings. The van der Waals surface area contributed by atoms with Crippen molar-refractivity contribution in [2.24, 2.45) is 0 Å². The van der Waals surface area contributed by atoms with E-state index in [1.165, 1.54) is 0 Å². The van der Waals surface area contributed by atoms with Crippen LogP contribution >= 0.6 is 15.9 Å². The van der Waals surface area contributed by atoms with Crippen LogP contribution < -0.4 is 5.56 Å². The van der Waals surface area contributed by atoms with Crippen LogP contribution in [0.2, 0.25) is 0 Å². The number of hydrogen-bond acceptors (Lipinski definition) is 3. The zero-order valence-electron chi connectivity index (χ0n) is 14.8. The summed E-state index contributed by atoms with van der Waals surface area (Å²) in [6, 6.07) is 7.58. The molecular formula is C19H23BrN2O3. The molecule has 0 aliphatic carbocycles. The first-order valence-electron chi connectivity index (χ1n) is 8.53. The third-order valence-electron chi connectivity index (χ3n) is 4.33. The number of benzene rings is 1. The number of carbonyl (C=O) groups excluding carboxylic acids is 1. The van der Waals surface area contributed by atoms with Crippen LogP contribution in [0.4, 0.5) is 4.79 Å². The number of carbonyl (C=O) groups is 1. The van der Waals surface area contributed by atoms with Gasteiger partial charge in [-0.05, 0) is 63.3 Å². The van der Waals surface area contributed by atoms with Gasteiger partial charge < -0.3 is 14.2 Å². The van der Waals surface area contributed by atoms with Crippen molar-refractivity contribution in [1.29, 1.82) is 0 Å². The third kappa shape index (κ3) is 4.06. The third-order valence-corrected chi connectivity index (χ3v) is 4.83. The zero-order valence-corrected chi connectivity index (χ0v) is 16.4. The van der Waals surface area contributed by atoms with Crippen LogP contribution in [0.1, 0.15) is 39.7 Å². The van der Waals surface area contributed by atoms with Gasteiger partial charge in [0.15, 0.2) is 0 Å². The summed E-state index contributed by atoms with van der Waals surface area (Å²) in [5.74, 6) is 0. The molecule has 1 amide bonds. The van der Waals surface area contributed by atoms with Gasteiger partial charge >= 0.3 is 6.09 Å². The summed E-state index contributed by atoms with van der Waals surface area (Å²) in [4.78, 5) is 26.9. The Labute approximate surface area is 155 Å². The molecule has 1 saturated heterocycles. The van der Waals surface area contributed by atoms with Crippen LogP contribution in [0.15, 0.2) is 39.7 Å². The molecule has 1 unspecified atom stereocenters. The Morgan fingerprint density at radius 1 is 1.28 bits per heavy atom. The average molecular weight is 407 g/mol. The van der Waals surface area contributed by atoms with Crippen molar-refractivity contribution in [2.45, 2.75) is 45.3 Å². The van der Waals surface area contributed by atoms with E-state index < -0.39 is 5.60 Å². The molecule has 25 heavy (non-hydrogen) atoms. The van der Waals surface area contributed by atoms with Crippen LogP contribution in [0.3, 0.4) is 0 Å². The molecule has 0 N–H and O–H groups in total. The molecule has 0 saturated carbocycles. The van der Waals surface area contributed by atoms with Gasteiger partial charge in [0.2, 0.25) is 0 Å². The molecular weight excluding hydrogens is 384 g/mol. The quantitative estimate of drug-likeness (QED) is 0.707. The Hall–Kier alpha value is -1.82. The van der Waals surface area contributed by atoms with Crippen molar-refractivity contribution in [3.05, 3.63) is 45.3 Å². The van der Waals surface area contributed by atoms with Crippen molar-refractivity contribution in [2.75, 3.05) is 13.1 Å². The second-order valence-electron chi connectivity index (χ2n) is 7.48. The molecule has 0 bridgehead atoms. The van der Waals surface area contributed by atoms with E-state index in [0.717, 1.165) is 22.7 Å². The van der Waals surface area contributed by atoms with Crippen molar-refractivity contribution in [1.82, 2.24) is 9.47 Å². The lowest BCUT2D eigenvalue weighted by molar-refractivity contribution is 0.0171. The van der Waals surface area contributed by atoms with Crippen LogP contribution in [-0.2, 0) is 4.74 Å². The highest BCUT2D eigenvalue weighted by Crippen LogP contribution is 2.24. The van der Waals surface area contributed by atoms with Crippen LogP contribution in [0.25, 0.3) is 10.8 Å². The highest BCUT2D eigenvalue weighted by Gasteiger charge is 2.28. The number of hydrogen-bond donors (Lipinski definition) is 0. The monoisotopic (exact) mass is 406 g/mol. The second kappa shape index (κ2) is 6.83. The first kappa shape index (κ1) is 18.0. The molecule has 0 spiro atoms. The maximum Gasteiger partial charge on any atom is 0.410 e. The standard InChI is InChI=1S/C19H23BrN2O3/c1-19(2,3)25-18(24)21-9-4-5-15(12-21)22-10-8-13-11-14(20)6-7-16(13)17(22)23/h6-8,10-11,15H,4-5,9,12H2,1-3H3. The molecule has 5 nitrogen and oxygen atoms in total. The molecule has 1 fully saturated rings. The molecule has 134 valence electrons. The number of halogens is 1. The Morgan fingerprint density at radius 3 is 2.76 bits per heavy atom. The zero-order chi connectivity index (χ0) is 18.2. The first-order chi connectivity index (χ1) is 11.7. The number of amides is 1. The van der Waals surface area contributed by atoms with Gasteiger partial charge in [-0.15, -0.1) is 0 Å². The Bertz CT molecular complexity index is 854. The molecule has 1 aromatic carbocycles. The molecule has 2 heterocycles. The average Bonchev–Trinajstić information content (AvgIpc) is 2.53. The lowest BCUT2D eigenvalue weighted by Crippen LogP contribution is -2.44. The summed E-state index contributed by atoms with van der Waals surface area (Å²) in [5, 5.41) is 1.61. The topological polar surface area (TPSA) is 51.5 Å².